The van der Waals surface area contributed by atoms with Crippen molar-refractivity contribution in [2.75, 3.05) is 0 Å². The lowest BCUT2D eigenvalue weighted by Gasteiger charge is -2.37. The molecule has 3 fully saturated rings. The van der Waals surface area contributed by atoms with Gasteiger partial charge in [-0.15, -0.1) is 0 Å². The molecule has 20 heavy (non-hydrogen) atoms. The Hall–Kier alpha value is -1.60. The molecule has 1 aliphatic carbocycles. The fraction of sp³-hybridized carbons (Fsp3) is 0.750. The second kappa shape index (κ2) is 3.95. The highest BCUT2D eigenvalue weighted by Gasteiger charge is 2.68. The first kappa shape index (κ1) is 13.4. The van der Waals surface area contributed by atoms with Crippen molar-refractivity contribution in [1.29, 1.82) is 0 Å². The molecular weight excluding hydrogens is 281 g/mol. The van der Waals surface area contributed by atoms with Gasteiger partial charge in [-0.1, -0.05) is 0 Å². The minimum atomic E-state index is -4.76. The van der Waals surface area contributed by atoms with Crippen LogP contribution in [0.5, 0.6) is 0 Å². The molecule has 1 saturated carbocycles. The summed E-state index contributed by atoms with van der Waals surface area (Å²) in [6.07, 6.45) is -5.44. The third-order valence-corrected chi connectivity index (χ3v) is 4.53. The maximum Gasteiger partial charge on any atom is 0.393 e. The van der Waals surface area contributed by atoms with Gasteiger partial charge in [-0.25, -0.2) is 0 Å². The average molecular weight is 292 g/mol. The third kappa shape index (κ3) is 1.66. The molecular formula is C12H11F3O5. The lowest BCUT2D eigenvalue weighted by atomic mass is 9.62. The Morgan fingerprint density at radius 3 is 2.30 bits per heavy atom. The van der Waals surface area contributed by atoms with E-state index in [0.717, 1.165) is 0 Å². The Labute approximate surface area is 111 Å². The van der Waals surface area contributed by atoms with E-state index >= 15 is 0 Å². The van der Waals surface area contributed by atoms with Crippen LogP contribution < -0.4 is 0 Å². The van der Waals surface area contributed by atoms with Crippen LogP contribution in [0.25, 0.3) is 0 Å². The summed E-state index contributed by atoms with van der Waals surface area (Å²) >= 11 is 0. The molecule has 0 aromatic heterocycles. The standard InChI is InChI=1S/C12H11F3O5/c1-3-4-2-5-7(11(18)20-9(5)16)8(12(13,14)15)6(4)10(17)19-3/h3-8H,2H2,1H3. The smallest absolute Gasteiger partial charge is 0.393 e. The third-order valence-electron chi connectivity index (χ3n) is 4.53. The van der Waals surface area contributed by atoms with Crippen LogP contribution >= 0.6 is 0 Å². The molecule has 6 unspecified atom stereocenters. The molecule has 6 atom stereocenters. The Kier molecular flexibility index (Phi) is 2.65. The van der Waals surface area contributed by atoms with E-state index in [1.54, 1.807) is 0 Å². The minimum Gasteiger partial charge on any atom is -0.462 e. The molecule has 3 aliphatic rings. The number of esters is 3. The summed E-state index contributed by atoms with van der Waals surface area (Å²) in [6.45, 7) is 1.50. The van der Waals surface area contributed by atoms with Gasteiger partial charge in [0.15, 0.2) is 0 Å². The number of carbonyl (C=O) groups excluding carboxylic acids is 3. The van der Waals surface area contributed by atoms with Gasteiger partial charge in [-0.3, -0.25) is 14.4 Å². The average Bonchev–Trinajstić information content (AvgIpc) is 2.76. The molecule has 0 radical (unpaired) electrons. The number of alkyl halides is 3. The van der Waals surface area contributed by atoms with Crippen molar-refractivity contribution in [3.05, 3.63) is 0 Å². The van der Waals surface area contributed by atoms with Crippen molar-refractivity contribution < 1.29 is 37.0 Å². The molecule has 0 aromatic carbocycles. The van der Waals surface area contributed by atoms with Crippen molar-refractivity contribution in [3.8, 4) is 0 Å². The van der Waals surface area contributed by atoms with Crippen LogP contribution in [-0.4, -0.2) is 30.2 Å². The first-order valence-corrected chi connectivity index (χ1v) is 6.24. The van der Waals surface area contributed by atoms with E-state index in [4.69, 9.17) is 4.74 Å². The Bertz CT molecular complexity index is 500. The monoisotopic (exact) mass is 292 g/mol. The molecule has 0 N–H and O–H groups in total. The number of halogens is 3. The van der Waals surface area contributed by atoms with E-state index in [9.17, 15) is 27.6 Å². The molecule has 0 spiro atoms. The lowest BCUT2D eigenvalue weighted by Crippen LogP contribution is -2.49. The normalized spacial score (nSPS) is 43.9. The minimum absolute atomic E-state index is 0.0133. The molecule has 8 heteroatoms. The van der Waals surface area contributed by atoms with E-state index in [1.807, 2.05) is 0 Å². The summed E-state index contributed by atoms with van der Waals surface area (Å²) in [5.74, 6) is -10.2. The predicted octanol–water partition coefficient (Wildman–Crippen LogP) is 1.06. The second-order valence-corrected chi connectivity index (χ2v) is 5.51. The van der Waals surface area contributed by atoms with E-state index in [1.165, 1.54) is 6.92 Å². The summed E-state index contributed by atoms with van der Waals surface area (Å²) in [6, 6.07) is 0. The van der Waals surface area contributed by atoms with Gasteiger partial charge in [0.2, 0.25) is 0 Å². The molecule has 0 bridgehead atoms. The molecule has 110 valence electrons. The second-order valence-electron chi connectivity index (χ2n) is 5.51. The van der Waals surface area contributed by atoms with E-state index in [-0.39, 0.29) is 6.42 Å². The van der Waals surface area contributed by atoms with Crippen molar-refractivity contribution in [1.82, 2.24) is 0 Å². The Morgan fingerprint density at radius 2 is 1.70 bits per heavy atom. The van der Waals surface area contributed by atoms with Gasteiger partial charge in [0.25, 0.3) is 0 Å². The van der Waals surface area contributed by atoms with Crippen molar-refractivity contribution in [2.24, 2.45) is 29.6 Å². The van der Waals surface area contributed by atoms with Crippen molar-refractivity contribution >= 4 is 17.9 Å². The zero-order chi connectivity index (χ0) is 14.8. The van der Waals surface area contributed by atoms with Crippen LogP contribution in [0.4, 0.5) is 13.2 Å². The molecule has 2 saturated heterocycles. The first-order chi connectivity index (χ1) is 9.21. The molecule has 0 aromatic rings. The van der Waals surface area contributed by atoms with Gasteiger partial charge in [-0.2, -0.15) is 13.2 Å². The topological polar surface area (TPSA) is 69.7 Å². The number of cyclic esters (lactones) is 3. The van der Waals surface area contributed by atoms with Gasteiger partial charge >= 0.3 is 24.1 Å². The van der Waals surface area contributed by atoms with E-state index in [2.05, 4.69) is 4.74 Å². The van der Waals surface area contributed by atoms with E-state index < -0.39 is 59.8 Å². The van der Waals surface area contributed by atoms with Crippen molar-refractivity contribution in [3.63, 3.8) is 0 Å². The van der Waals surface area contributed by atoms with Crippen LogP contribution in [-0.2, 0) is 23.9 Å². The highest BCUT2D eigenvalue weighted by atomic mass is 19.4. The van der Waals surface area contributed by atoms with Gasteiger partial charge < -0.3 is 9.47 Å². The zero-order valence-electron chi connectivity index (χ0n) is 10.3. The molecule has 0 amide bonds. The van der Waals surface area contributed by atoms with Crippen LogP contribution in [0.1, 0.15) is 13.3 Å². The molecule has 2 aliphatic heterocycles. The fourth-order valence-electron chi connectivity index (χ4n) is 3.68. The molecule has 3 rings (SSSR count). The van der Waals surface area contributed by atoms with Gasteiger partial charge in [0, 0.05) is 5.92 Å². The van der Waals surface area contributed by atoms with Gasteiger partial charge in [0.1, 0.15) is 6.10 Å². The zero-order valence-corrected chi connectivity index (χ0v) is 10.3. The predicted molar refractivity (Wildman–Crippen MR) is 54.8 cm³/mol. The largest absolute Gasteiger partial charge is 0.462 e. The van der Waals surface area contributed by atoms with Gasteiger partial charge in [-0.05, 0) is 13.3 Å². The Balaban J connectivity index is 2.07. The fourth-order valence-corrected chi connectivity index (χ4v) is 3.68. The number of rotatable bonds is 0. The SMILES string of the molecule is CC1OC(=O)C2C1CC1C(=O)OC(=O)C1C2C(F)(F)F. The van der Waals surface area contributed by atoms with Gasteiger partial charge in [0.05, 0.1) is 23.7 Å². The maximum absolute atomic E-state index is 13.3. The number of fused-ring (bicyclic) bond motifs is 2. The number of ether oxygens (including phenoxy) is 2. The molecule has 2 heterocycles. The number of hydrogen-bond acceptors (Lipinski definition) is 5. The summed E-state index contributed by atoms with van der Waals surface area (Å²) in [5.41, 5.74) is 0. The summed E-state index contributed by atoms with van der Waals surface area (Å²) < 4.78 is 49.1. The summed E-state index contributed by atoms with van der Waals surface area (Å²) in [4.78, 5) is 34.8. The Morgan fingerprint density at radius 1 is 1.05 bits per heavy atom. The highest BCUT2D eigenvalue weighted by molar-refractivity contribution is 5.97. The first-order valence-electron chi connectivity index (χ1n) is 6.24. The highest BCUT2D eigenvalue weighted by Crippen LogP contribution is 2.55. The number of hydrogen-bond donors (Lipinski definition) is 0. The van der Waals surface area contributed by atoms with Crippen LogP contribution in [0.3, 0.4) is 0 Å². The summed E-state index contributed by atoms with van der Waals surface area (Å²) in [5, 5.41) is 0. The van der Waals surface area contributed by atoms with Crippen molar-refractivity contribution in [2.45, 2.75) is 25.6 Å². The van der Waals surface area contributed by atoms with Crippen LogP contribution in [0.15, 0.2) is 0 Å². The van der Waals surface area contributed by atoms with Crippen LogP contribution in [0.2, 0.25) is 0 Å². The lowest BCUT2D eigenvalue weighted by molar-refractivity contribution is -0.219. The molecule has 5 nitrogen and oxygen atoms in total. The summed E-state index contributed by atoms with van der Waals surface area (Å²) in [7, 11) is 0. The quantitative estimate of drug-likeness (QED) is 0.493. The van der Waals surface area contributed by atoms with Crippen LogP contribution in [0, 0.1) is 29.6 Å². The maximum atomic E-state index is 13.3. The van der Waals surface area contributed by atoms with E-state index in [0.29, 0.717) is 0 Å². The number of carbonyl (C=O) groups is 3.